The molecule has 4 rings (SSSR count). The van der Waals surface area contributed by atoms with E-state index in [4.69, 9.17) is 30.8 Å². The normalized spacial score (nSPS) is 16.3. The van der Waals surface area contributed by atoms with Crippen molar-refractivity contribution in [3.8, 4) is 17.2 Å². The molecule has 0 saturated carbocycles. The van der Waals surface area contributed by atoms with Gasteiger partial charge in [0.05, 0.1) is 32.7 Å². The van der Waals surface area contributed by atoms with Gasteiger partial charge in [0.25, 0.3) is 0 Å². The summed E-state index contributed by atoms with van der Waals surface area (Å²) in [6.07, 6.45) is 0.599. The summed E-state index contributed by atoms with van der Waals surface area (Å²) in [6, 6.07) is 19.8. The maximum atomic E-state index is 13.3. The predicted octanol–water partition coefficient (Wildman–Crippen LogP) is 5.57. The maximum Gasteiger partial charge on any atom is 0.238 e. The highest BCUT2D eigenvalue weighted by molar-refractivity contribution is 8.15. The fourth-order valence-corrected chi connectivity index (χ4v) is 5.18. The summed E-state index contributed by atoms with van der Waals surface area (Å²) in [5.41, 5.74) is 2.15. The number of hydrogen-bond acceptors (Lipinski definition) is 7. The summed E-state index contributed by atoms with van der Waals surface area (Å²) >= 11 is 7.29. The van der Waals surface area contributed by atoms with Crippen LogP contribution >= 0.6 is 23.4 Å². The van der Waals surface area contributed by atoms with Gasteiger partial charge in [0.2, 0.25) is 11.8 Å². The zero-order valence-electron chi connectivity index (χ0n) is 21.3. The summed E-state index contributed by atoms with van der Waals surface area (Å²) in [4.78, 5) is 32.9. The number of rotatable bonds is 9. The van der Waals surface area contributed by atoms with Gasteiger partial charge in [-0.2, -0.15) is 0 Å². The molecule has 2 amide bonds. The first-order valence-electron chi connectivity index (χ1n) is 11.9. The molecule has 0 spiro atoms. The second-order valence-corrected chi connectivity index (χ2v) is 9.96. The highest BCUT2D eigenvalue weighted by atomic mass is 35.5. The molecule has 0 radical (unpaired) electrons. The average molecular weight is 554 g/mol. The van der Waals surface area contributed by atoms with Crippen LogP contribution in [0.15, 0.2) is 71.7 Å². The molecule has 8 nitrogen and oxygen atoms in total. The third kappa shape index (κ3) is 6.59. The largest absolute Gasteiger partial charge is 0.495 e. The molecule has 1 saturated heterocycles. The molecule has 1 aliphatic heterocycles. The molecule has 1 fully saturated rings. The van der Waals surface area contributed by atoms with E-state index < -0.39 is 5.25 Å². The van der Waals surface area contributed by atoms with E-state index in [-0.39, 0.29) is 18.2 Å². The van der Waals surface area contributed by atoms with Crippen LogP contribution in [0.3, 0.4) is 0 Å². The number of nitrogens with one attached hydrogen (secondary N) is 1. The van der Waals surface area contributed by atoms with E-state index in [2.05, 4.69) is 5.32 Å². The molecule has 38 heavy (non-hydrogen) atoms. The molecule has 0 aliphatic carbocycles. The number of benzene rings is 3. The molecule has 10 heteroatoms. The van der Waals surface area contributed by atoms with E-state index in [0.29, 0.717) is 51.8 Å². The number of ether oxygens (including phenoxy) is 3. The van der Waals surface area contributed by atoms with Gasteiger partial charge in [-0.15, -0.1) is 0 Å². The lowest BCUT2D eigenvalue weighted by atomic mass is 10.1. The molecular formula is C28H28ClN3O5S. The van der Waals surface area contributed by atoms with Crippen molar-refractivity contribution in [3.63, 3.8) is 0 Å². The Kier molecular flexibility index (Phi) is 9.15. The summed E-state index contributed by atoms with van der Waals surface area (Å²) in [7, 11) is 4.71. The first kappa shape index (κ1) is 27.3. The van der Waals surface area contributed by atoms with Gasteiger partial charge in [0.15, 0.2) is 16.7 Å². The topological polar surface area (TPSA) is 89.5 Å². The Hall–Kier alpha value is -3.69. The Morgan fingerprint density at radius 2 is 1.71 bits per heavy atom. The van der Waals surface area contributed by atoms with Crippen molar-refractivity contribution in [3.05, 3.63) is 77.3 Å². The number of aliphatic imine (C=N–C) groups is 1. The molecule has 1 heterocycles. The predicted molar refractivity (Wildman–Crippen MR) is 151 cm³/mol. The number of hydrogen-bond donors (Lipinski definition) is 1. The molecule has 3 aromatic rings. The van der Waals surface area contributed by atoms with Gasteiger partial charge >= 0.3 is 0 Å². The van der Waals surface area contributed by atoms with Gasteiger partial charge in [-0.25, -0.2) is 4.99 Å². The van der Waals surface area contributed by atoms with E-state index in [1.165, 1.54) is 18.9 Å². The Balaban J connectivity index is 1.56. The minimum atomic E-state index is -0.657. The zero-order chi connectivity index (χ0) is 27.1. The van der Waals surface area contributed by atoms with Crippen LogP contribution in [-0.4, -0.2) is 55.0 Å². The second-order valence-electron chi connectivity index (χ2n) is 8.36. The fourth-order valence-electron chi connectivity index (χ4n) is 3.93. The van der Waals surface area contributed by atoms with Crippen molar-refractivity contribution in [2.45, 2.75) is 18.1 Å². The van der Waals surface area contributed by atoms with Gasteiger partial charge in [-0.1, -0.05) is 41.6 Å². The van der Waals surface area contributed by atoms with Crippen LogP contribution in [0.2, 0.25) is 5.02 Å². The van der Waals surface area contributed by atoms with Crippen LogP contribution < -0.4 is 19.5 Å². The minimum Gasteiger partial charge on any atom is -0.495 e. The maximum absolute atomic E-state index is 13.3. The van der Waals surface area contributed by atoms with Gasteiger partial charge in [0.1, 0.15) is 11.0 Å². The molecule has 3 aromatic carbocycles. The molecule has 1 N–H and O–H groups in total. The van der Waals surface area contributed by atoms with Crippen molar-refractivity contribution in [1.29, 1.82) is 0 Å². The Labute approximate surface area is 230 Å². The van der Waals surface area contributed by atoms with Crippen LogP contribution in [0.25, 0.3) is 0 Å². The molecular weight excluding hydrogens is 526 g/mol. The van der Waals surface area contributed by atoms with Crippen LogP contribution in [0.1, 0.15) is 12.0 Å². The smallest absolute Gasteiger partial charge is 0.238 e. The van der Waals surface area contributed by atoms with Crippen LogP contribution in [0.4, 0.5) is 11.4 Å². The van der Waals surface area contributed by atoms with Crippen molar-refractivity contribution >= 4 is 51.7 Å². The Morgan fingerprint density at radius 3 is 2.42 bits per heavy atom. The molecule has 0 aromatic heterocycles. The first-order valence-corrected chi connectivity index (χ1v) is 13.1. The Morgan fingerprint density at radius 1 is 1.00 bits per heavy atom. The van der Waals surface area contributed by atoms with Crippen LogP contribution in [0, 0.1) is 0 Å². The number of halogens is 1. The Bertz CT molecular complexity index is 1330. The van der Waals surface area contributed by atoms with Gasteiger partial charge in [0, 0.05) is 18.0 Å². The summed E-state index contributed by atoms with van der Waals surface area (Å²) < 4.78 is 16.1. The van der Waals surface area contributed by atoms with Crippen molar-refractivity contribution in [1.82, 2.24) is 4.90 Å². The number of anilines is 1. The number of methoxy groups -OCH3 is 3. The third-order valence-electron chi connectivity index (χ3n) is 5.92. The number of nitrogens with zero attached hydrogens (tertiary/aromatic N) is 2. The zero-order valence-corrected chi connectivity index (χ0v) is 22.8. The lowest BCUT2D eigenvalue weighted by Crippen LogP contribution is -2.46. The molecule has 0 bridgehead atoms. The third-order valence-corrected chi connectivity index (χ3v) is 7.36. The van der Waals surface area contributed by atoms with E-state index in [0.717, 1.165) is 5.56 Å². The van der Waals surface area contributed by atoms with Gasteiger partial charge < -0.3 is 19.5 Å². The summed E-state index contributed by atoms with van der Waals surface area (Å²) in [6.45, 7) is 0.384. The number of carbonyl (C=O) groups excluding carboxylic acids is 2. The number of amidine groups is 1. The highest BCUT2D eigenvalue weighted by Gasteiger charge is 2.36. The quantitative estimate of drug-likeness (QED) is 0.373. The van der Waals surface area contributed by atoms with Crippen LogP contribution in [0.5, 0.6) is 17.2 Å². The fraction of sp³-hybridized carbons (Fsp3) is 0.250. The van der Waals surface area contributed by atoms with E-state index in [1.54, 1.807) is 61.6 Å². The molecule has 1 aliphatic rings. The number of para-hydroxylation sites is 2. The average Bonchev–Trinajstić information content (AvgIpc) is 2.93. The standard InChI is InChI=1S/C28H28ClN3O5S/c1-35-22-7-5-4-6-21(22)31-27(34)25-17-26(33)32(28(38-25)30-20-11-9-19(29)10-12-20)15-14-18-8-13-23(36-2)24(16-18)37-3/h4-13,16,25H,14-15,17H2,1-3H3,(H,31,34). The summed E-state index contributed by atoms with van der Waals surface area (Å²) in [5.74, 6) is 1.31. The minimum absolute atomic E-state index is 0.0389. The van der Waals surface area contributed by atoms with E-state index >= 15 is 0 Å². The molecule has 198 valence electrons. The lowest BCUT2D eigenvalue weighted by molar-refractivity contribution is -0.129. The first-order chi connectivity index (χ1) is 18.4. The SMILES string of the molecule is COc1ccccc1NC(=O)C1CC(=O)N(CCc2ccc(OC)c(OC)c2)C(=Nc2ccc(Cl)cc2)S1. The number of amides is 2. The van der Waals surface area contributed by atoms with Crippen molar-refractivity contribution in [2.75, 3.05) is 33.2 Å². The van der Waals surface area contributed by atoms with Crippen molar-refractivity contribution in [2.24, 2.45) is 4.99 Å². The van der Waals surface area contributed by atoms with E-state index in [9.17, 15) is 9.59 Å². The highest BCUT2D eigenvalue weighted by Crippen LogP contribution is 2.32. The second kappa shape index (κ2) is 12.7. The molecule has 1 unspecified atom stereocenters. The summed E-state index contributed by atoms with van der Waals surface area (Å²) in [5, 5.41) is 3.26. The number of thioether (sulfide) groups is 1. The molecule has 1 atom stereocenters. The van der Waals surface area contributed by atoms with Gasteiger partial charge in [-0.05, 0) is 60.5 Å². The van der Waals surface area contributed by atoms with Crippen molar-refractivity contribution < 1.29 is 23.8 Å². The number of carbonyl (C=O) groups is 2. The lowest BCUT2D eigenvalue weighted by Gasteiger charge is -2.32. The van der Waals surface area contributed by atoms with Gasteiger partial charge in [-0.3, -0.25) is 14.5 Å². The van der Waals surface area contributed by atoms with E-state index in [1.807, 2.05) is 24.3 Å². The monoisotopic (exact) mass is 553 g/mol. The van der Waals surface area contributed by atoms with Crippen LogP contribution in [-0.2, 0) is 16.0 Å².